The van der Waals surface area contributed by atoms with E-state index < -0.39 is 11.8 Å². The van der Waals surface area contributed by atoms with E-state index in [9.17, 15) is 9.59 Å². The molecular weight excluding hydrogens is 308 g/mol. The van der Waals surface area contributed by atoms with Crippen LogP contribution in [0.3, 0.4) is 0 Å². The molecule has 0 radical (unpaired) electrons. The van der Waals surface area contributed by atoms with Crippen LogP contribution >= 0.6 is 11.6 Å². The fraction of sp³-hybridized carbons (Fsp3) is 0.467. The maximum atomic E-state index is 11.8. The van der Waals surface area contributed by atoms with Gasteiger partial charge >= 0.3 is 11.8 Å². The Morgan fingerprint density at radius 1 is 1.09 bits per heavy atom. The van der Waals surface area contributed by atoms with E-state index in [2.05, 4.69) is 10.6 Å². The predicted molar refractivity (Wildman–Crippen MR) is 85.8 cm³/mol. The third kappa shape index (κ3) is 5.81. The average Bonchev–Trinajstić information content (AvgIpc) is 2.50. The lowest BCUT2D eigenvalue weighted by Gasteiger charge is -2.13. The highest BCUT2D eigenvalue weighted by molar-refractivity contribution is 6.39. The molecule has 0 saturated heterocycles. The van der Waals surface area contributed by atoms with E-state index in [4.69, 9.17) is 21.1 Å². The van der Waals surface area contributed by atoms with Crippen LogP contribution in [0.4, 0.5) is 5.69 Å². The molecule has 1 aromatic carbocycles. The first kappa shape index (κ1) is 18.1. The largest absolute Gasteiger partial charge is 0.490 e. The van der Waals surface area contributed by atoms with Gasteiger partial charge in [0.15, 0.2) is 11.5 Å². The Morgan fingerprint density at radius 3 is 2.41 bits per heavy atom. The minimum absolute atomic E-state index is 0.364. The molecule has 0 spiro atoms. The van der Waals surface area contributed by atoms with E-state index in [1.165, 1.54) is 0 Å². The van der Waals surface area contributed by atoms with Gasteiger partial charge in [-0.3, -0.25) is 9.59 Å². The van der Waals surface area contributed by atoms with Crippen molar-refractivity contribution in [3.8, 4) is 11.5 Å². The number of carbonyl (C=O) groups is 2. The molecule has 22 heavy (non-hydrogen) atoms. The van der Waals surface area contributed by atoms with E-state index in [-0.39, 0.29) is 0 Å². The minimum Gasteiger partial charge on any atom is -0.490 e. The van der Waals surface area contributed by atoms with E-state index in [0.717, 1.165) is 0 Å². The summed E-state index contributed by atoms with van der Waals surface area (Å²) in [6.07, 6.45) is 0.609. The molecule has 0 aliphatic rings. The van der Waals surface area contributed by atoms with Crippen molar-refractivity contribution in [2.45, 2.75) is 20.3 Å². The van der Waals surface area contributed by atoms with Crippen molar-refractivity contribution in [2.24, 2.45) is 0 Å². The lowest BCUT2D eigenvalue weighted by Crippen LogP contribution is -2.36. The molecule has 0 bridgehead atoms. The average molecular weight is 329 g/mol. The lowest BCUT2D eigenvalue weighted by atomic mass is 10.2. The SMILES string of the molecule is CCOc1ccc(NC(=O)C(=O)NCCCCl)cc1OCC. The summed E-state index contributed by atoms with van der Waals surface area (Å²) >= 11 is 5.50. The monoisotopic (exact) mass is 328 g/mol. The molecule has 0 aliphatic carbocycles. The molecule has 0 aromatic heterocycles. The topological polar surface area (TPSA) is 76.7 Å². The van der Waals surface area contributed by atoms with E-state index in [1.807, 2.05) is 13.8 Å². The van der Waals surface area contributed by atoms with Gasteiger partial charge in [-0.15, -0.1) is 11.6 Å². The molecule has 0 heterocycles. The molecule has 6 nitrogen and oxygen atoms in total. The Balaban J connectivity index is 2.70. The number of alkyl halides is 1. The van der Waals surface area contributed by atoms with Gasteiger partial charge in [0.1, 0.15) is 0 Å². The molecule has 0 saturated carbocycles. The number of rotatable bonds is 8. The number of halogens is 1. The zero-order valence-electron chi connectivity index (χ0n) is 12.8. The van der Waals surface area contributed by atoms with Crippen LogP contribution in [0.25, 0.3) is 0 Å². The summed E-state index contributed by atoms with van der Waals surface area (Å²) in [6.45, 7) is 5.07. The third-order valence-electron chi connectivity index (χ3n) is 2.60. The minimum atomic E-state index is -0.735. The van der Waals surface area contributed by atoms with Crippen molar-refractivity contribution in [3.05, 3.63) is 18.2 Å². The van der Waals surface area contributed by atoms with Crippen LogP contribution < -0.4 is 20.1 Å². The Kier molecular flexibility index (Phi) is 8.14. The fourth-order valence-electron chi connectivity index (χ4n) is 1.67. The van der Waals surface area contributed by atoms with Crippen molar-refractivity contribution < 1.29 is 19.1 Å². The summed E-state index contributed by atoms with van der Waals surface area (Å²) in [5, 5.41) is 5.00. The Labute approximate surface area is 135 Å². The highest BCUT2D eigenvalue weighted by atomic mass is 35.5. The smallest absolute Gasteiger partial charge is 0.313 e. The van der Waals surface area contributed by atoms with Gasteiger partial charge in [-0.05, 0) is 32.4 Å². The molecule has 2 amide bonds. The van der Waals surface area contributed by atoms with E-state index in [0.29, 0.717) is 49.2 Å². The number of ether oxygens (including phenoxy) is 2. The number of carbonyl (C=O) groups excluding carboxylic acids is 2. The molecule has 1 aromatic rings. The molecule has 2 N–H and O–H groups in total. The molecule has 0 fully saturated rings. The molecular formula is C15H21ClN2O4. The zero-order valence-corrected chi connectivity index (χ0v) is 13.5. The number of nitrogens with one attached hydrogen (secondary N) is 2. The summed E-state index contributed by atoms with van der Waals surface area (Å²) < 4.78 is 10.9. The highest BCUT2D eigenvalue weighted by Crippen LogP contribution is 2.30. The number of hydrogen-bond acceptors (Lipinski definition) is 4. The zero-order chi connectivity index (χ0) is 16.4. The Bertz CT molecular complexity index is 508. The van der Waals surface area contributed by atoms with Gasteiger partial charge in [-0.1, -0.05) is 0 Å². The Hall–Kier alpha value is -1.95. The quantitative estimate of drug-likeness (QED) is 0.435. The summed E-state index contributed by atoms with van der Waals surface area (Å²) in [4.78, 5) is 23.3. The van der Waals surface area contributed by atoms with Crippen molar-refractivity contribution >= 4 is 29.1 Å². The van der Waals surface area contributed by atoms with Crippen LogP contribution in [-0.4, -0.2) is 37.5 Å². The highest BCUT2D eigenvalue weighted by Gasteiger charge is 2.14. The molecule has 1 rings (SSSR count). The molecule has 122 valence electrons. The molecule has 0 atom stereocenters. The number of hydrogen-bond donors (Lipinski definition) is 2. The van der Waals surface area contributed by atoms with Crippen LogP contribution in [0.1, 0.15) is 20.3 Å². The standard InChI is InChI=1S/C15H21ClN2O4/c1-3-21-12-7-6-11(10-13(12)22-4-2)18-15(20)14(19)17-9-5-8-16/h6-7,10H,3-5,8-9H2,1-2H3,(H,17,19)(H,18,20). The van der Waals surface area contributed by atoms with Gasteiger partial charge in [0.05, 0.1) is 13.2 Å². The van der Waals surface area contributed by atoms with E-state index >= 15 is 0 Å². The van der Waals surface area contributed by atoms with Crippen molar-refractivity contribution in [2.75, 3.05) is 31.0 Å². The summed E-state index contributed by atoms with van der Waals surface area (Å²) in [5.41, 5.74) is 0.462. The van der Waals surface area contributed by atoms with Crippen LogP contribution in [0.2, 0.25) is 0 Å². The van der Waals surface area contributed by atoms with Gasteiger partial charge in [0, 0.05) is 24.2 Å². The Morgan fingerprint density at radius 2 is 1.77 bits per heavy atom. The second kappa shape index (κ2) is 9.89. The van der Waals surface area contributed by atoms with Crippen LogP contribution in [0, 0.1) is 0 Å². The number of benzene rings is 1. The van der Waals surface area contributed by atoms with Crippen molar-refractivity contribution in [1.82, 2.24) is 5.32 Å². The van der Waals surface area contributed by atoms with Gasteiger partial charge in [0.2, 0.25) is 0 Å². The van der Waals surface area contributed by atoms with Crippen molar-refractivity contribution in [3.63, 3.8) is 0 Å². The summed E-state index contributed by atoms with van der Waals surface area (Å²) in [6, 6.07) is 4.96. The number of amides is 2. The van der Waals surface area contributed by atoms with Crippen LogP contribution in [0.5, 0.6) is 11.5 Å². The lowest BCUT2D eigenvalue weighted by molar-refractivity contribution is -0.136. The molecule has 7 heteroatoms. The fourth-order valence-corrected chi connectivity index (χ4v) is 1.80. The second-order valence-electron chi connectivity index (χ2n) is 4.28. The predicted octanol–water partition coefficient (Wildman–Crippen LogP) is 2.17. The van der Waals surface area contributed by atoms with Gasteiger partial charge < -0.3 is 20.1 Å². The molecule has 0 aliphatic heterocycles. The van der Waals surface area contributed by atoms with E-state index in [1.54, 1.807) is 18.2 Å². The van der Waals surface area contributed by atoms with Gasteiger partial charge in [0.25, 0.3) is 0 Å². The maximum absolute atomic E-state index is 11.8. The maximum Gasteiger partial charge on any atom is 0.313 e. The third-order valence-corrected chi connectivity index (χ3v) is 2.87. The number of anilines is 1. The van der Waals surface area contributed by atoms with Crippen LogP contribution in [-0.2, 0) is 9.59 Å². The first-order valence-corrected chi connectivity index (χ1v) is 7.70. The summed E-state index contributed by atoms with van der Waals surface area (Å²) in [5.74, 6) is 0.107. The first-order valence-electron chi connectivity index (χ1n) is 7.17. The van der Waals surface area contributed by atoms with Crippen LogP contribution in [0.15, 0.2) is 18.2 Å². The summed E-state index contributed by atoms with van der Waals surface area (Å²) in [7, 11) is 0. The van der Waals surface area contributed by atoms with Gasteiger partial charge in [-0.25, -0.2) is 0 Å². The van der Waals surface area contributed by atoms with Crippen molar-refractivity contribution in [1.29, 1.82) is 0 Å². The van der Waals surface area contributed by atoms with Gasteiger partial charge in [-0.2, -0.15) is 0 Å². The first-order chi connectivity index (χ1) is 10.6. The second-order valence-corrected chi connectivity index (χ2v) is 4.66. The normalized spacial score (nSPS) is 9.95. The molecule has 0 unspecified atom stereocenters.